The highest BCUT2D eigenvalue weighted by molar-refractivity contribution is 6.16. The van der Waals surface area contributed by atoms with E-state index in [1.165, 1.54) is 0 Å². The van der Waals surface area contributed by atoms with Crippen LogP contribution in [-0.2, 0) is 5.88 Å². The molecule has 0 atom stereocenters. The lowest BCUT2D eigenvalue weighted by molar-refractivity contribution is 0.415. The molecule has 0 fully saturated rings. The lowest BCUT2D eigenvalue weighted by atomic mass is 10.2. The molecule has 0 spiro atoms. The Balaban J connectivity index is 2.52. The van der Waals surface area contributed by atoms with Crippen LogP contribution in [0.25, 0.3) is 11.5 Å². The number of nitrogens with zero attached hydrogens (tertiary/aromatic N) is 2. The summed E-state index contributed by atoms with van der Waals surface area (Å²) in [6, 6.07) is 1.79. The van der Waals surface area contributed by atoms with Gasteiger partial charge in [0.05, 0.1) is 11.4 Å². The molecule has 0 aliphatic rings. The molecule has 0 saturated heterocycles. The van der Waals surface area contributed by atoms with Gasteiger partial charge in [-0.3, -0.25) is 0 Å². The third-order valence-corrected chi connectivity index (χ3v) is 2.09. The summed E-state index contributed by atoms with van der Waals surface area (Å²) in [4.78, 5) is 3.69. The molecule has 2 aromatic rings. The van der Waals surface area contributed by atoms with Crippen molar-refractivity contribution in [2.24, 2.45) is 0 Å². The molecule has 1 aromatic heterocycles. The molecule has 1 aromatic carbocycles. The predicted octanol–water partition coefficient (Wildman–Crippen LogP) is 2.89. The van der Waals surface area contributed by atoms with Gasteiger partial charge >= 0.3 is 0 Å². The van der Waals surface area contributed by atoms with Gasteiger partial charge in [-0.2, -0.15) is 4.98 Å². The second-order valence-electron chi connectivity index (χ2n) is 2.87. The molecule has 16 heavy (non-hydrogen) atoms. The van der Waals surface area contributed by atoms with Crippen molar-refractivity contribution in [1.82, 2.24) is 10.1 Å². The Bertz CT molecular complexity index is 529. The quantitative estimate of drug-likeness (QED) is 0.606. The van der Waals surface area contributed by atoms with Gasteiger partial charge in [0.1, 0.15) is 0 Å². The summed E-state index contributed by atoms with van der Waals surface area (Å²) in [6.07, 6.45) is 0. The third kappa shape index (κ3) is 1.76. The van der Waals surface area contributed by atoms with Crippen LogP contribution >= 0.6 is 11.6 Å². The van der Waals surface area contributed by atoms with E-state index >= 15 is 0 Å². The van der Waals surface area contributed by atoms with Crippen LogP contribution in [0.3, 0.4) is 0 Å². The van der Waals surface area contributed by atoms with Crippen LogP contribution in [-0.4, -0.2) is 10.1 Å². The number of hydrogen-bond acceptors (Lipinski definition) is 3. The van der Waals surface area contributed by atoms with E-state index in [9.17, 15) is 13.2 Å². The van der Waals surface area contributed by atoms with Crippen LogP contribution in [0.15, 0.2) is 16.7 Å². The average Bonchev–Trinajstić information content (AvgIpc) is 2.74. The molecule has 0 aliphatic heterocycles. The Morgan fingerprint density at radius 2 is 1.94 bits per heavy atom. The Morgan fingerprint density at radius 1 is 1.19 bits per heavy atom. The Labute approximate surface area is 92.8 Å². The number of halogens is 4. The van der Waals surface area contributed by atoms with Gasteiger partial charge in [-0.05, 0) is 12.1 Å². The lowest BCUT2D eigenvalue weighted by Crippen LogP contribution is -1.94. The van der Waals surface area contributed by atoms with E-state index in [0.717, 1.165) is 12.1 Å². The van der Waals surface area contributed by atoms with E-state index in [4.69, 9.17) is 11.6 Å². The van der Waals surface area contributed by atoms with Crippen molar-refractivity contribution in [2.45, 2.75) is 5.88 Å². The molecule has 7 heteroatoms. The first-order valence-corrected chi connectivity index (χ1v) is 4.69. The fourth-order valence-electron chi connectivity index (χ4n) is 1.11. The minimum atomic E-state index is -1.58. The first-order chi connectivity index (χ1) is 7.63. The zero-order valence-corrected chi connectivity index (χ0v) is 8.43. The average molecular weight is 249 g/mol. The van der Waals surface area contributed by atoms with Gasteiger partial charge in [-0.25, -0.2) is 13.2 Å². The molecule has 0 unspecified atom stereocenters. The topological polar surface area (TPSA) is 38.9 Å². The van der Waals surface area contributed by atoms with E-state index in [1.807, 2.05) is 0 Å². The molecule has 0 N–H and O–H groups in total. The molecule has 0 radical (unpaired) electrons. The highest BCUT2D eigenvalue weighted by Gasteiger charge is 2.18. The first-order valence-electron chi connectivity index (χ1n) is 4.16. The summed E-state index contributed by atoms with van der Waals surface area (Å²) in [7, 11) is 0. The number of aromatic nitrogens is 2. The minimum absolute atomic E-state index is 0.0191. The fraction of sp³-hybridized carbons (Fsp3) is 0.111. The molecule has 0 amide bonds. The van der Waals surface area contributed by atoms with Gasteiger partial charge in [0.15, 0.2) is 23.3 Å². The zero-order valence-electron chi connectivity index (χ0n) is 7.68. The summed E-state index contributed by atoms with van der Waals surface area (Å²) >= 11 is 5.41. The van der Waals surface area contributed by atoms with Crippen molar-refractivity contribution >= 4 is 11.6 Å². The van der Waals surface area contributed by atoms with Gasteiger partial charge in [-0.15, -0.1) is 11.6 Å². The largest absolute Gasteiger partial charge is 0.334 e. The van der Waals surface area contributed by atoms with Gasteiger partial charge in [0, 0.05) is 0 Å². The maximum absolute atomic E-state index is 13.3. The molecule has 84 valence electrons. The third-order valence-electron chi connectivity index (χ3n) is 1.85. The molecule has 1 heterocycles. The van der Waals surface area contributed by atoms with E-state index in [0.29, 0.717) is 0 Å². The Kier molecular flexibility index (Phi) is 2.82. The van der Waals surface area contributed by atoms with Crippen LogP contribution in [0.2, 0.25) is 0 Å². The first kappa shape index (κ1) is 10.9. The summed E-state index contributed by atoms with van der Waals surface area (Å²) in [5.74, 6) is -4.35. The van der Waals surface area contributed by atoms with E-state index in [-0.39, 0.29) is 23.2 Å². The van der Waals surface area contributed by atoms with Crippen LogP contribution in [0.1, 0.15) is 5.82 Å². The maximum atomic E-state index is 13.3. The summed E-state index contributed by atoms with van der Waals surface area (Å²) in [6.45, 7) is 0. The molecular weight excluding hydrogens is 245 g/mol. The van der Waals surface area contributed by atoms with Crippen LogP contribution in [0, 0.1) is 17.5 Å². The monoisotopic (exact) mass is 248 g/mol. The summed E-state index contributed by atoms with van der Waals surface area (Å²) in [5.41, 5.74) is -0.303. The summed E-state index contributed by atoms with van der Waals surface area (Å²) < 4.78 is 43.5. The highest BCUT2D eigenvalue weighted by atomic mass is 35.5. The van der Waals surface area contributed by atoms with Gasteiger partial charge in [0.25, 0.3) is 5.89 Å². The molecule has 3 nitrogen and oxygen atoms in total. The zero-order chi connectivity index (χ0) is 11.7. The minimum Gasteiger partial charge on any atom is -0.334 e. The Hall–Kier alpha value is -1.56. The normalized spacial score (nSPS) is 10.8. The fourth-order valence-corrected chi connectivity index (χ4v) is 1.22. The van der Waals surface area contributed by atoms with Gasteiger partial charge in [-0.1, -0.05) is 5.16 Å². The van der Waals surface area contributed by atoms with Crippen molar-refractivity contribution in [3.8, 4) is 11.5 Å². The molecule has 2 rings (SSSR count). The number of benzene rings is 1. The van der Waals surface area contributed by atoms with Crippen molar-refractivity contribution in [2.75, 3.05) is 0 Å². The number of hydrogen-bond donors (Lipinski definition) is 0. The van der Waals surface area contributed by atoms with E-state index in [1.54, 1.807) is 0 Å². The second kappa shape index (κ2) is 4.13. The van der Waals surface area contributed by atoms with Crippen LogP contribution in [0.4, 0.5) is 13.2 Å². The summed E-state index contributed by atoms with van der Waals surface area (Å²) in [5, 5.41) is 3.40. The van der Waals surface area contributed by atoms with Crippen molar-refractivity contribution in [3.63, 3.8) is 0 Å². The van der Waals surface area contributed by atoms with E-state index < -0.39 is 17.5 Å². The van der Waals surface area contributed by atoms with Gasteiger partial charge < -0.3 is 4.52 Å². The van der Waals surface area contributed by atoms with E-state index in [2.05, 4.69) is 14.7 Å². The van der Waals surface area contributed by atoms with Crippen LogP contribution in [0.5, 0.6) is 0 Å². The van der Waals surface area contributed by atoms with Gasteiger partial charge in [0.2, 0.25) is 0 Å². The Morgan fingerprint density at radius 3 is 2.56 bits per heavy atom. The second-order valence-corrected chi connectivity index (χ2v) is 3.14. The highest BCUT2D eigenvalue weighted by Crippen LogP contribution is 2.24. The number of rotatable bonds is 2. The lowest BCUT2D eigenvalue weighted by Gasteiger charge is -1.98. The molecule has 0 bridgehead atoms. The number of alkyl halides is 1. The maximum Gasteiger partial charge on any atom is 0.261 e. The van der Waals surface area contributed by atoms with Crippen LogP contribution < -0.4 is 0 Å². The van der Waals surface area contributed by atoms with Crippen molar-refractivity contribution in [3.05, 3.63) is 35.4 Å². The predicted molar refractivity (Wildman–Crippen MR) is 49.2 cm³/mol. The molecule has 0 saturated carbocycles. The SMILES string of the molecule is Fc1ccc(-c2nc(CCl)no2)c(F)c1F. The standard InChI is InChI=1S/C9H4ClF3N2O/c10-3-6-14-9(16-15-6)4-1-2-5(11)8(13)7(4)12/h1-2H,3H2. The smallest absolute Gasteiger partial charge is 0.261 e. The van der Waals surface area contributed by atoms with Crippen molar-refractivity contribution in [1.29, 1.82) is 0 Å². The van der Waals surface area contributed by atoms with Crippen molar-refractivity contribution < 1.29 is 17.7 Å². The molecule has 0 aliphatic carbocycles. The molecular formula is C9H4ClF3N2O.